The van der Waals surface area contributed by atoms with E-state index in [2.05, 4.69) is 90.3 Å². The smallest absolute Gasteiger partial charge is 0.243 e. The van der Waals surface area contributed by atoms with Gasteiger partial charge in [0, 0.05) is 45.1 Å². The minimum absolute atomic E-state index is 0.309. The minimum atomic E-state index is -0.464. The molecule has 0 aromatic heterocycles. The molecule has 0 spiro atoms. The van der Waals surface area contributed by atoms with Crippen molar-refractivity contribution >= 4 is 5.91 Å². The Bertz CT molecular complexity index is 825. The fourth-order valence-corrected chi connectivity index (χ4v) is 4.86. The third-order valence-electron chi connectivity index (χ3n) is 7.04. The maximum absolute atomic E-state index is 14.0. The first kappa shape index (κ1) is 20.1. The molecule has 4 heteroatoms. The van der Waals surface area contributed by atoms with Gasteiger partial charge in [0.15, 0.2) is 0 Å². The summed E-state index contributed by atoms with van der Waals surface area (Å²) in [6.45, 7) is 5.69. The number of fused-ring (bicyclic) bond motifs is 1. The Balaban J connectivity index is 1.57. The summed E-state index contributed by atoms with van der Waals surface area (Å²) in [5.74, 6) is 0.309. The van der Waals surface area contributed by atoms with Crippen LogP contribution in [0.15, 0.2) is 54.6 Å². The Kier molecular flexibility index (Phi) is 5.75. The molecule has 0 unspecified atom stereocenters. The van der Waals surface area contributed by atoms with E-state index in [9.17, 15) is 4.79 Å². The molecule has 0 saturated carbocycles. The lowest BCUT2D eigenvalue weighted by molar-refractivity contribution is -0.146. The van der Waals surface area contributed by atoms with Gasteiger partial charge in [-0.3, -0.25) is 9.69 Å². The van der Waals surface area contributed by atoms with Crippen molar-refractivity contribution < 1.29 is 4.79 Å². The van der Waals surface area contributed by atoms with Crippen LogP contribution in [0.2, 0.25) is 0 Å². The summed E-state index contributed by atoms with van der Waals surface area (Å²) in [4.78, 5) is 20.8. The van der Waals surface area contributed by atoms with Crippen LogP contribution in [0.4, 0.5) is 0 Å². The summed E-state index contributed by atoms with van der Waals surface area (Å²) < 4.78 is 0. The van der Waals surface area contributed by atoms with Gasteiger partial charge >= 0.3 is 0 Å². The van der Waals surface area contributed by atoms with Crippen LogP contribution in [0.1, 0.15) is 23.6 Å². The standard InChI is InChI=1S/C25H33N3O/c1-20-19-28(16-15-26(20)2)24(29)25(17-22-11-7-8-12-23(22)18-25)27(3)14-13-21-9-5-4-6-10-21/h4-12,20H,13-19H2,1-3H3/t20-/m1/s1. The molecular weight excluding hydrogens is 358 g/mol. The zero-order chi connectivity index (χ0) is 20.4. The summed E-state index contributed by atoms with van der Waals surface area (Å²) in [5.41, 5.74) is 3.52. The summed E-state index contributed by atoms with van der Waals surface area (Å²) in [6.07, 6.45) is 2.59. The Morgan fingerprint density at radius 3 is 2.28 bits per heavy atom. The lowest BCUT2D eigenvalue weighted by Gasteiger charge is -2.45. The van der Waals surface area contributed by atoms with Gasteiger partial charge in [-0.2, -0.15) is 0 Å². The van der Waals surface area contributed by atoms with Gasteiger partial charge in [-0.25, -0.2) is 0 Å². The number of amides is 1. The van der Waals surface area contributed by atoms with Crippen LogP contribution in [-0.2, 0) is 24.1 Å². The zero-order valence-electron chi connectivity index (χ0n) is 18.0. The first-order valence-electron chi connectivity index (χ1n) is 10.8. The highest BCUT2D eigenvalue weighted by atomic mass is 16.2. The molecule has 2 aromatic carbocycles. The molecule has 2 aliphatic rings. The van der Waals surface area contributed by atoms with Crippen molar-refractivity contribution in [2.24, 2.45) is 0 Å². The van der Waals surface area contributed by atoms with E-state index in [0.29, 0.717) is 11.9 Å². The van der Waals surface area contributed by atoms with E-state index in [4.69, 9.17) is 0 Å². The van der Waals surface area contributed by atoms with E-state index < -0.39 is 5.54 Å². The maximum atomic E-state index is 14.0. The Labute approximate surface area is 175 Å². The van der Waals surface area contributed by atoms with Gasteiger partial charge in [0.1, 0.15) is 5.54 Å². The first-order valence-corrected chi connectivity index (χ1v) is 10.8. The summed E-state index contributed by atoms with van der Waals surface area (Å²) in [5, 5.41) is 0. The monoisotopic (exact) mass is 391 g/mol. The zero-order valence-corrected chi connectivity index (χ0v) is 18.0. The predicted octanol–water partition coefficient (Wildman–Crippen LogP) is 2.86. The molecule has 154 valence electrons. The highest BCUT2D eigenvalue weighted by Crippen LogP contribution is 2.36. The molecule has 4 nitrogen and oxygen atoms in total. The fraction of sp³-hybridized carbons (Fsp3) is 0.480. The minimum Gasteiger partial charge on any atom is -0.338 e. The van der Waals surface area contributed by atoms with Crippen LogP contribution in [0.3, 0.4) is 0 Å². The third-order valence-corrected chi connectivity index (χ3v) is 7.04. The van der Waals surface area contributed by atoms with Gasteiger partial charge in [0.25, 0.3) is 0 Å². The van der Waals surface area contributed by atoms with Crippen molar-refractivity contribution in [1.29, 1.82) is 0 Å². The van der Waals surface area contributed by atoms with E-state index in [0.717, 1.165) is 45.4 Å². The van der Waals surface area contributed by atoms with Gasteiger partial charge in [-0.05, 0) is 44.1 Å². The van der Waals surface area contributed by atoms with Gasteiger partial charge in [0.2, 0.25) is 5.91 Å². The summed E-state index contributed by atoms with van der Waals surface area (Å²) in [7, 11) is 4.30. The number of hydrogen-bond acceptors (Lipinski definition) is 3. The molecule has 2 aromatic rings. The van der Waals surface area contributed by atoms with Crippen LogP contribution < -0.4 is 0 Å². The summed E-state index contributed by atoms with van der Waals surface area (Å²) >= 11 is 0. The van der Waals surface area contributed by atoms with Crippen molar-refractivity contribution in [3.8, 4) is 0 Å². The molecule has 1 aliphatic carbocycles. The molecule has 1 heterocycles. The van der Waals surface area contributed by atoms with Crippen molar-refractivity contribution in [2.45, 2.75) is 37.8 Å². The molecule has 1 atom stereocenters. The lowest BCUT2D eigenvalue weighted by atomic mass is 9.90. The number of rotatable bonds is 5. The van der Waals surface area contributed by atoms with E-state index in [-0.39, 0.29) is 0 Å². The van der Waals surface area contributed by atoms with Gasteiger partial charge in [-0.15, -0.1) is 0 Å². The van der Waals surface area contributed by atoms with Gasteiger partial charge in [-0.1, -0.05) is 54.6 Å². The number of piperazine rings is 1. The second-order valence-corrected chi connectivity index (χ2v) is 8.89. The van der Waals surface area contributed by atoms with Gasteiger partial charge < -0.3 is 9.80 Å². The molecule has 1 amide bonds. The highest BCUT2D eigenvalue weighted by Gasteiger charge is 2.49. The average Bonchev–Trinajstić information content (AvgIpc) is 3.15. The number of hydrogen-bond donors (Lipinski definition) is 0. The average molecular weight is 392 g/mol. The number of carbonyl (C=O) groups is 1. The van der Waals surface area contributed by atoms with Crippen molar-refractivity contribution in [1.82, 2.24) is 14.7 Å². The second kappa shape index (κ2) is 8.29. The first-order chi connectivity index (χ1) is 14.0. The van der Waals surface area contributed by atoms with Crippen molar-refractivity contribution in [3.63, 3.8) is 0 Å². The molecule has 4 rings (SSSR count). The Morgan fingerprint density at radius 2 is 1.66 bits per heavy atom. The van der Waals surface area contributed by atoms with Crippen LogP contribution >= 0.6 is 0 Å². The van der Waals surface area contributed by atoms with Crippen molar-refractivity contribution in [3.05, 3.63) is 71.3 Å². The number of carbonyl (C=O) groups excluding carboxylic acids is 1. The van der Waals surface area contributed by atoms with Crippen LogP contribution in [0.25, 0.3) is 0 Å². The lowest BCUT2D eigenvalue weighted by Crippen LogP contribution is -2.63. The molecule has 0 N–H and O–H groups in total. The van der Waals surface area contributed by atoms with E-state index in [1.165, 1.54) is 16.7 Å². The van der Waals surface area contributed by atoms with E-state index >= 15 is 0 Å². The topological polar surface area (TPSA) is 26.8 Å². The second-order valence-electron chi connectivity index (χ2n) is 8.89. The number of likely N-dealkylation sites (N-methyl/N-ethyl adjacent to an activating group) is 2. The number of benzene rings is 2. The molecular formula is C25H33N3O. The molecule has 0 radical (unpaired) electrons. The van der Waals surface area contributed by atoms with Crippen LogP contribution in [-0.4, -0.2) is 72.5 Å². The quantitative estimate of drug-likeness (QED) is 0.784. The van der Waals surface area contributed by atoms with Crippen LogP contribution in [0, 0.1) is 0 Å². The molecule has 1 fully saturated rings. The van der Waals surface area contributed by atoms with Crippen molar-refractivity contribution in [2.75, 3.05) is 40.3 Å². The highest BCUT2D eigenvalue weighted by molar-refractivity contribution is 5.88. The SMILES string of the molecule is C[C@@H]1CN(C(=O)C2(N(C)CCc3ccccc3)Cc3ccccc3C2)CCN1C. The Morgan fingerprint density at radius 1 is 1.03 bits per heavy atom. The largest absolute Gasteiger partial charge is 0.338 e. The van der Waals surface area contributed by atoms with Gasteiger partial charge in [0.05, 0.1) is 0 Å². The van der Waals surface area contributed by atoms with Crippen LogP contribution in [0.5, 0.6) is 0 Å². The molecule has 0 bridgehead atoms. The molecule has 1 saturated heterocycles. The predicted molar refractivity (Wildman–Crippen MR) is 118 cm³/mol. The molecule has 29 heavy (non-hydrogen) atoms. The summed E-state index contributed by atoms with van der Waals surface area (Å²) in [6, 6.07) is 19.6. The third kappa shape index (κ3) is 3.96. The maximum Gasteiger partial charge on any atom is 0.243 e. The van der Waals surface area contributed by atoms with E-state index in [1.54, 1.807) is 0 Å². The normalized spacial score (nSPS) is 21.4. The fourth-order valence-electron chi connectivity index (χ4n) is 4.86. The number of nitrogens with zero attached hydrogens (tertiary/aromatic N) is 3. The Hall–Kier alpha value is -2.17. The van der Waals surface area contributed by atoms with E-state index in [1.807, 2.05) is 0 Å². The molecule has 1 aliphatic heterocycles.